The van der Waals surface area contributed by atoms with Crippen molar-refractivity contribution in [3.63, 3.8) is 0 Å². The number of hydrogen-bond acceptors (Lipinski definition) is 1. The lowest BCUT2D eigenvalue weighted by Gasteiger charge is -2.23. The average molecular weight is 151 g/mol. The van der Waals surface area contributed by atoms with Crippen LogP contribution in [0.2, 0.25) is 0 Å². The first kappa shape index (κ1) is 6.47. The van der Waals surface area contributed by atoms with Crippen LogP contribution in [0.3, 0.4) is 0 Å². The summed E-state index contributed by atoms with van der Waals surface area (Å²) in [7, 11) is 0. The molecule has 3 rings (SSSR count). The molecule has 3 aliphatic carbocycles. The highest BCUT2D eigenvalue weighted by atomic mass is 14.7. The molecule has 3 saturated carbocycles. The molecule has 2 N–H and O–H groups in total. The van der Waals surface area contributed by atoms with Gasteiger partial charge in [0, 0.05) is 6.04 Å². The van der Waals surface area contributed by atoms with E-state index in [1.165, 1.54) is 25.7 Å². The third-order valence-electron chi connectivity index (χ3n) is 4.42. The van der Waals surface area contributed by atoms with Crippen LogP contribution < -0.4 is 5.73 Å². The molecule has 1 unspecified atom stereocenters. The summed E-state index contributed by atoms with van der Waals surface area (Å²) in [6, 6.07) is 0.563. The fourth-order valence-electron chi connectivity index (χ4n) is 4.06. The molecule has 0 aliphatic heterocycles. The van der Waals surface area contributed by atoms with Crippen LogP contribution in [0, 0.1) is 23.7 Å². The molecule has 0 heterocycles. The average Bonchev–Trinajstić information content (AvgIpc) is 2.53. The molecule has 0 radical (unpaired) electrons. The van der Waals surface area contributed by atoms with Crippen molar-refractivity contribution in [3.05, 3.63) is 0 Å². The lowest BCUT2D eigenvalue weighted by atomic mass is 9.82. The van der Waals surface area contributed by atoms with Gasteiger partial charge >= 0.3 is 0 Å². The smallest absolute Gasteiger partial charge is 0.00445 e. The van der Waals surface area contributed by atoms with Crippen molar-refractivity contribution in [1.29, 1.82) is 0 Å². The summed E-state index contributed by atoms with van der Waals surface area (Å²) in [6.45, 7) is 0. The first-order valence-corrected chi connectivity index (χ1v) is 5.10. The van der Waals surface area contributed by atoms with Crippen molar-refractivity contribution in [1.82, 2.24) is 0 Å². The second-order valence-electron chi connectivity index (χ2n) is 4.89. The van der Waals surface area contributed by atoms with E-state index in [4.69, 9.17) is 5.73 Å². The second-order valence-corrected chi connectivity index (χ2v) is 4.89. The Morgan fingerprint density at radius 1 is 0.818 bits per heavy atom. The van der Waals surface area contributed by atoms with E-state index in [0.29, 0.717) is 6.04 Å². The highest BCUT2D eigenvalue weighted by Crippen LogP contribution is 2.58. The van der Waals surface area contributed by atoms with Gasteiger partial charge in [-0.25, -0.2) is 0 Å². The van der Waals surface area contributed by atoms with Gasteiger partial charge in [-0.2, -0.15) is 0 Å². The molecule has 1 heteroatoms. The monoisotopic (exact) mass is 151 g/mol. The number of nitrogens with two attached hydrogens (primary N) is 1. The standard InChI is InChI=1S/C10H17N/c11-8-4-9-6-1-2-7(3-6)10(9)5-8/h6-10H,1-5,11H2/t6-,7+,8?,9-,10+. The minimum absolute atomic E-state index is 0.563. The largest absolute Gasteiger partial charge is 0.328 e. The van der Waals surface area contributed by atoms with Crippen LogP contribution in [0.15, 0.2) is 0 Å². The van der Waals surface area contributed by atoms with E-state index in [1.54, 1.807) is 6.42 Å². The molecule has 5 atom stereocenters. The summed E-state index contributed by atoms with van der Waals surface area (Å²) in [5, 5.41) is 0. The SMILES string of the molecule is NC1C[C@@H]2[C@@H]3CC[C@@H](C3)[C@@H]2C1. The highest BCUT2D eigenvalue weighted by Gasteiger charge is 2.50. The normalized spacial score (nSPS) is 60.3. The van der Waals surface area contributed by atoms with Crippen molar-refractivity contribution < 1.29 is 0 Å². The van der Waals surface area contributed by atoms with Gasteiger partial charge in [0.05, 0.1) is 0 Å². The maximum absolute atomic E-state index is 5.98. The van der Waals surface area contributed by atoms with E-state index in [2.05, 4.69) is 0 Å². The predicted octanol–water partition coefficient (Wildman–Crippen LogP) is 1.77. The molecule has 0 aromatic carbocycles. The molecular weight excluding hydrogens is 134 g/mol. The molecule has 0 amide bonds. The van der Waals surface area contributed by atoms with E-state index in [1.807, 2.05) is 0 Å². The zero-order valence-electron chi connectivity index (χ0n) is 7.00. The summed E-state index contributed by atoms with van der Waals surface area (Å²) in [5.41, 5.74) is 5.98. The molecule has 3 aliphatic rings. The minimum Gasteiger partial charge on any atom is -0.328 e. The van der Waals surface area contributed by atoms with Gasteiger partial charge in [-0.15, -0.1) is 0 Å². The number of fused-ring (bicyclic) bond motifs is 5. The van der Waals surface area contributed by atoms with Crippen LogP contribution in [0.5, 0.6) is 0 Å². The molecule has 1 nitrogen and oxygen atoms in total. The summed E-state index contributed by atoms with van der Waals surface area (Å²) in [6.07, 6.45) is 7.32. The van der Waals surface area contributed by atoms with Gasteiger partial charge in [-0.3, -0.25) is 0 Å². The van der Waals surface area contributed by atoms with Gasteiger partial charge < -0.3 is 5.73 Å². The van der Waals surface area contributed by atoms with E-state index in [0.717, 1.165) is 23.7 Å². The van der Waals surface area contributed by atoms with Gasteiger partial charge in [0.25, 0.3) is 0 Å². The molecule has 0 spiro atoms. The first-order chi connectivity index (χ1) is 5.34. The fourth-order valence-corrected chi connectivity index (χ4v) is 4.06. The first-order valence-electron chi connectivity index (χ1n) is 5.10. The Labute approximate surface area is 68.3 Å². The van der Waals surface area contributed by atoms with Crippen molar-refractivity contribution in [2.24, 2.45) is 29.4 Å². The van der Waals surface area contributed by atoms with E-state index < -0.39 is 0 Å². The molecule has 0 aromatic heterocycles. The van der Waals surface area contributed by atoms with Crippen LogP contribution in [0.1, 0.15) is 32.1 Å². The van der Waals surface area contributed by atoms with E-state index in [-0.39, 0.29) is 0 Å². The maximum Gasteiger partial charge on any atom is 0.00445 e. The summed E-state index contributed by atoms with van der Waals surface area (Å²) in [5.74, 6) is 4.31. The van der Waals surface area contributed by atoms with Crippen LogP contribution >= 0.6 is 0 Å². The lowest BCUT2D eigenvalue weighted by Crippen LogP contribution is -2.16. The molecule has 3 fully saturated rings. The third-order valence-corrected chi connectivity index (χ3v) is 4.42. The molecule has 11 heavy (non-hydrogen) atoms. The zero-order chi connectivity index (χ0) is 7.42. The Balaban J connectivity index is 1.87. The van der Waals surface area contributed by atoms with Crippen molar-refractivity contribution in [2.75, 3.05) is 0 Å². The molecule has 0 saturated heterocycles. The van der Waals surface area contributed by atoms with Crippen molar-refractivity contribution in [3.8, 4) is 0 Å². The second kappa shape index (κ2) is 2.01. The van der Waals surface area contributed by atoms with E-state index in [9.17, 15) is 0 Å². The predicted molar refractivity (Wildman–Crippen MR) is 45.0 cm³/mol. The molecule has 0 aromatic rings. The van der Waals surface area contributed by atoms with Gasteiger partial charge in [-0.05, 0) is 55.8 Å². The summed E-state index contributed by atoms with van der Waals surface area (Å²) >= 11 is 0. The van der Waals surface area contributed by atoms with Gasteiger partial charge in [0.15, 0.2) is 0 Å². The summed E-state index contributed by atoms with van der Waals surface area (Å²) < 4.78 is 0. The molecular formula is C10H17N. The Kier molecular flexibility index (Phi) is 1.18. The Bertz CT molecular complexity index is 160. The number of rotatable bonds is 0. The van der Waals surface area contributed by atoms with Crippen molar-refractivity contribution >= 4 is 0 Å². The minimum atomic E-state index is 0.563. The quantitative estimate of drug-likeness (QED) is 0.561. The Morgan fingerprint density at radius 3 is 1.91 bits per heavy atom. The zero-order valence-corrected chi connectivity index (χ0v) is 7.00. The van der Waals surface area contributed by atoms with Crippen LogP contribution in [-0.2, 0) is 0 Å². The van der Waals surface area contributed by atoms with Crippen LogP contribution in [0.25, 0.3) is 0 Å². The molecule has 62 valence electrons. The maximum atomic E-state index is 5.98. The van der Waals surface area contributed by atoms with E-state index >= 15 is 0 Å². The Hall–Kier alpha value is -0.0400. The summed E-state index contributed by atoms with van der Waals surface area (Å²) in [4.78, 5) is 0. The highest BCUT2D eigenvalue weighted by molar-refractivity contribution is 5.02. The lowest BCUT2D eigenvalue weighted by molar-refractivity contribution is 0.259. The topological polar surface area (TPSA) is 26.0 Å². The number of hydrogen-bond donors (Lipinski definition) is 1. The van der Waals surface area contributed by atoms with Crippen molar-refractivity contribution in [2.45, 2.75) is 38.1 Å². The molecule has 2 bridgehead atoms. The fraction of sp³-hybridized carbons (Fsp3) is 1.00. The van der Waals surface area contributed by atoms with Gasteiger partial charge in [-0.1, -0.05) is 0 Å². The van der Waals surface area contributed by atoms with Crippen LogP contribution in [0.4, 0.5) is 0 Å². The Morgan fingerprint density at radius 2 is 1.36 bits per heavy atom. The van der Waals surface area contributed by atoms with Gasteiger partial charge in [0.1, 0.15) is 0 Å². The van der Waals surface area contributed by atoms with Crippen LogP contribution in [-0.4, -0.2) is 6.04 Å². The third kappa shape index (κ3) is 0.752. The van der Waals surface area contributed by atoms with Gasteiger partial charge in [0.2, 0.25) is 0 Å².